The van der Waals surface area contributed by atoms with Crippen LogP contribution in [0.25, 0.3) is 5.65 Å². The van der Waals surface area contributed by atoms with E-state index in [0.29, 0.717) is 5.92 Å². The Morgan fingerprint density at radius 2 is 2.14 bits per heavy atom. The summed E-state index contributed by atoms with van der Waals surface area (Å²) >= 11 is 0. The molecule has 0 bridgehead atoms. The SMILES string of the molecule is c1nc2c(Nc3cn[nH]c3)nc(C3CCCCC3)cn2n1. The van der Waals surface area contributed by atoms with E-state index in [1.807, 2.05) is 6.20 Å². The van der Waals surface area contributed by atoms with Gasteiger partial charge in [0, 0.05) is 12.1 Å². The molecular weight excluding hydrogens is 266 g/mol. The number of fused-ring (bicyclic) bond motifs is 1. The fourth-order valence-electron chi connectivity index (χ4n) is 2.98. The van der Waals surface area contributed by atoms with Crippen LogP contribution < -0.4 is 5.32 Å². The summed E-state index contributed by atoms with van der Waals surface area (Å²) < 4.78 is 1.80. The van der Waals surface area contributed by atoms with E-state index in [0.717, 1.165) is 22.8 Å². The van der Waals surface area contributed by atoms with Gasteiger partial charge in [0.15, 0.2) is 11.5 Å². The van der Waals surface area contributed by atoms with E-state index in [9.17, 15) is 0 Å². The molecule has 1 aliphatic carbocycles. The number of nitrogens with one attached hydrogen (secondary N) is 2. The van der Waals surface area contributed by atoms with Crippen LogP contribution in [0.3, 0.4) is 0 Å². The summed E-state index contributed by atoms with van der Waals surface area (Å²) in [6.45, 7) is 0. The summed E-state index contributed by atoms with van der Waals surface area (Å²) in [6.07, 6.45) is 13.4. The number of nitrogens with zero attached hydrogens (tertiary/aromatic N) is 5. The highest BCUT2D eigenvalue weighted by Gasteiger charge is 2.19. The first-order chi connectivity index (χ1) is 10.4. The molecule has 1 aliphatic rings. The molecule has 3 heterocycles. The minimum absolute atomic E-state index is 0.525. The van der Waals surface area contributed by atoms with Gasteiger partial charge in [0.25, 0.3) is 0 Å². The zero-order valence-electron chi connectivity index (χ0n) is 11.7. The Labute approximate surface area is 121 Å². The highest BCUT2D eigenvalue weighted by molar-refractivity contribution is 5.68. The van der Waals surface area contributed by atoms with Crippen molar-refractivity contribution < 1.29 is 0 Å². The van der Waals surface area contributed by atoms with E-state index in [-0.39, 0.29) is 0 Å². The van der Waals surface area contributed by atoms with Gasteiger partial charge in [-0.2, -0.15) is 10.2 Å². The minimum atomic E-state index is 0.525. The number of aromatic nitrogens is 6. The third-order valence-corrected chi connectivity index (χ3v) is 4.06. The van der Waals surface area contributed by atoms with Crippen molar-refractivity contribution in [1.29, 1.82) is 0 Å². The fraction of sp³-hybridized carbons (Fsp3) is 0.429. The standard InChI is InChI=1S/C14H17N7/c1-2-4-10(5-3-1)12-8-21-14(15-9-18-21)13(20-12)19-11-6-16-17-7-11/h6-10H,1-5H2,(H,16,17)(H,19,20). The quantitative estimate of drug-likeness (QED) is 0.772. The van der Waals surface area contributed by atoms with Gasteiger partial charge in [-0.25, -0.2) is 14.5 Å². The molecule has 0 amide bonds. The summed E-state index contributed by atoms with van der Waals surface area (Å²) in [5.74, 6) is 1.26. The van der Waals surface area contributed by atoms with Gasteiger partial charge >= 0.3 is 0 Å². The summed E-state index contributed by atoms with van der Waals surface area (Å²) in [5, 5.41) is 14.3. The number of anilines is 2. The predicted octanol–water partition coefficient (Wildman–Crippen LogP) is 2.64. The zero-order chi connectivity index (χ0) is 14.1. The maximum absolute atomic E-state index is 4.80. The maximum atomic E-state index is 4.80. The second-order valence-corrected chi connectivity index (χ2v) is 5.49. The number of aromatic amines is 1. The molecule has 0 atom stereocenters. The first-order valence-electron chi connectivity index (χ1n) is 7.36. The van der Waals surface area contributed by atoms with Crippen LogP contribution in [0.5, 0.6) is 0 Å². The Kier molecular flexibility index (Phi) is 3.02. The van der Waals surface area contributed by atoms with Crippen molar-refractivity contribution in [3.63, 3.8) is 0 Å². The molecule has 3 aromatic heterocycles. The average Bonchev–Trinajstić information content (AvgIpc) is 3.19. The highest BCUT2D eigenvalue weighted by Crippen LogP contribution is 2.32. The number of hydrogen-bond acceptors (Lipinski definition) is 5. The van der Waals surface area contributed by atoms with Crippen LogP contribution in [-0.4, -0.2) is 29.8 Å². The van der Waals surface area contributed by atoms with Gasteiger partial charge in [-0.1, -0.05) is 19.3 Å². The lowest BCUT2D eigenvalue weighted by atomic mass is 9.87. The number of hydrogen-bond donors (Lipinski definition) is 2. The third kappa shape index (κ3) is 2.35. The molecule has 0 aliphatic heterocycles. The molecule has 3 aromatic rings. The molecule has 0 spiro atoms. The third-order valence-electron chi connectivity index (χ3n) is 4.06. The molecule has 0 unspecified atom stereocenters. The lowest BCUT2D eigenvalue weighted by Crippen LogP contribution is -2.10. The van der Waals surface area contributed by atoms with Crippen molar-refractivity contribution in [2.24, 2.45) is 0 Å². The zero-order valence-corrected chi connectivity index (χ0v) is 11.7. The van der Waals surface area contributed by atoms with Gasteiger partial charge in [0.1, 0.15) is 6.33 Å². The first kappa shape index (κ1) is 12.3. The molecule has 108 valence electrons. The van der Waals surface area contributed by atoms with Crippen LogP contribution in [0.15, 0.2) is 24.9 Å². The lowest BCUT2D eigenvalue weighted by Gasteiger charge is -2.21. The molecule has 7 nitrogen and oxygen atoms in total. The maximum Gasteiger partial charge on any atom is 0.198 e. The Balaban J connectivity index is 1.74. The molecule has 21 heavy (non-hydrogen) atoms. The van der Waals surface area contributed by atoms with Crippen LogP contribution in [0.1, 0.15) is 43.7 Å². The molecule has 0 radical (unpaired) electrons. The van der Waals surface area contributed by atoms with E-state index < -0.39 is 0 Å². The molecule has 0 saturated heterocycles. The topological polar surface area (TPSA) is 83.8 Å². The number of rotatable bonds is 3. The van der Waals surface area contributed by atoms with E-state index in [1.165, 1.54) is 32.1 Å². The van der Waals surface area contributed by atoms with Gasteiger partial charge in [0.05, 0.1) is 23.8 Å². The van der Waals surface area contributed by atoms with Gasteiger partial charge in [0.2, 0.25) is 0 Å². The molecule has 1 fully saturated rings. The molecule has 1 saturated carbocycles. The van der Waals surface area contributed by atoms with Crippen molar-refractivity contribution in [1.82, 2.24) is 29.8 Å². The Morgan fingerprint density at radius 3 is 2.95 bits per heavy atom. The summed E-state index contributed by atoms with van der Waals surface area (Å²) in [5.41, 5.74) is 2.70. The highest BCUT2D eigenvalue weighted by atomic mass is 15.3. The van der Waals surface area contributed by atoms with E-state index in [4.69, 9.17) is 4.98 Å². The van der Waals surface area contributed by atoms with Crippen molar-refractivity contribution in [2.45, 2.75) is 38.0 Å². The Bertz CT molecular complexity index is 725. The largest absolute Gasteiger partial charge is 0.334 e. The van der Waals surface area contributed by atoms with Crippen LogP contribution in [0, 0.1) is 0 Å². The smallest absolute Gasteiger partial charge is 0.198 e. The fourth-order valence-corrected chi connectivity index (χ4v) is 2.98. The van der Waals surface area contributed by atoms with E-state index in [1.54, 1.807) is 23.2 Å². The summed E-state index contributed by atoms with van der Waals surface area (Å²) in [4.78, 5) is 9.08. The van der Waals surface area contributed by atoms with E-state index >= 15 is 0 Å². The second kappa shape index (κ2) is 5.16. The second-order valence-electron chi connectivity index (χ2n) is 5.49. The number of H-pyrrole nitrogens is 1. The summed E-state index contributed by atoms with van der Waals surface area (Å²) in [6, 6.07) is 0. The van der Waals surface area contributed by atoms with Crippen molar-refractivity contribution >= 4 is 17.2 Å². The first-order valence-corrected chi connectivity index (χ1v) is 7.36. The normalized spacial score (nSPS) is 16.4. The molecule has 2 N–H and O–H groups in total. The predicted molar refractivity (Wildman–Crippen MR) is 78.5 cm³/mol. The van der Waals surface area contributed by atoms with Crippen LogP contribution in [0.2, 0.25) is 0 Å². The van der Waals surface area contributed by atoms with Gasteiger partial charge in [-0.05, 0) is 12.8 Å². The van der Waals surface area contributed by atoms with Crippen LogP contribution in [-0.2, 0) is 0 Å². The Morgan fingerprint density at radius 1 is 1.24 bits per heavy atom. The minimum Gasteiger partial charge on any atom is -0.334 e. The van der Waals surface area contributed by atoms with Gasteiger partial charge in [-0.15, -0.1) is 0 Å². The molecular formula is C14H17N7. The van der Waals surface area contributed by atoms with Crippen LogP contribution >= 0.6 is 0 Å². The average molecular weight is 283 g/mol. The monoisotopic (exact) mass is 283 g/mol. The van der Waals surface area contributed by atoms with Gasteiger partial charge in [-0.3, -0.25) is 5.10 Å². The van der Waals surface area contributed by atoms with Crippen molar-refractivity contribution in [2.75, 3.05) is 5.32 Å². The molecule has 7 heteroatoms. The lowest BCUT2D eigenvalue weighted by molar-refractivity contribution is 0.435. The van der Waals surface area contributed by atoms with Gasteiger partial charge < -0.3 is 5.32 Å². The Hall–Kier alpha value is -2.44. The van der Waals surface area contributed by atoms with Crippen molar-refractivity contribution in [3.05, 3.63) is 30.6 Å². The molecule has 0 aromatic carbocycles. The molecule has 4 rings (SSSR count). The van der Waals surface area contributed by atoms with Crippen LogP contribution in [0.4, 0.5) is 11.5 Å². The van der Waals surface area contributed by atoms with E-state index in [2.05, 4.69) is 25.6 Å². The summed E-state index contributed by atoms with van der Waals surface area (Å²) in [7, 11) is 0. The van der Waals surface area contributed by atoms with Crippen molar-refractivity contribution in [3.8, 4) is 0 Å².